The van der Waals surface area contributed by atoms with Gasteiger partial charge in [-0.05, 0) is 30.3 Å². The Bertz CT molecular complexity index is 936. The van der Waals surface area contributed by atoms with Gasteiger partial charge in [0.2, 0.25) is 5.91 Å². The van der Waals surface area contributed by atoms with Gasteiger partial charge in [0, 0.05) is 27.7 Å². The van der Waals surface area contributed by atoms with Gasteiger partial charge in [-0.1, -0.05) is 23.2 Å². The van der Waals surface area contributed by atoms with E-state index in [9.17, 15) is 14.7 Å². The molecule has 8 heteroatoms. The molecule has 0 bridgehead atoms. The Labute approximate surface area is 146 Å². The molecule has 2 heterocycles. The summed E-state index contributed by atoms with van der Waals surface area (Å²) in [5, 5.41) is 13.5. The highest BCUT2D eigenvalue weighted by Gasteiger charge is 2.20. The largest absolute Gasteiger partial charge is 0.477 e. The Hall–Kier alpha value is -2.57. The van der Waals surface area contributed by atoms with E-state index in [1.54, 1.807) is 30.3 Å². The number of carbonyl (C=O) groups excluding carboxylic acids is 1. The summed E-state index contributed by atoms with van der Waals surface area (Å²) in [4.78, 5) is 30.4. The maximum Gasteiger partial charge on any atom is 0.352 e. The zero-order valence-electron chi connectivity index (χ0n) is 12.1. The van der Waals surface area contributed by atoms with E-state index in [0.29, 0.717) is 32.3 Å². The lowest BCUT2D eigenvalue weighted by molar-refractivity contribution is -0.115. The van der Waals surface area contributed by atoms with Crippen LogP contribution in [0, 0.1) is 0 Å². The van der Waals surface area contributed by atoms with Crippen molar-refractivity contribution in [2.75, 3.05) is 5.32 Å². The van der Waals surface area contributed by atoms with Crippen molar-refractivity contribution >= 4 is 51.8 Å². The number of nitrogens with zero attached hydrogens (tertiary/aromatic N) is 1. The van der Waals surface area contributed by atoms with Gasteiger partial charge in [-0.2, -0.15) is 0 Å². The molecule has 0 aliphatic carbocycles. The first-order chi connectivity index (χ1) is 11.4. The third kappa shape index (κ3) is 3.34. The monoisotopic (exact) mass is 363 g/mol. The number of aromatic carboxylic acids is 1. The predicted molar refractivity (Wildman–Crippen MR) is 91.8 cm³/mol. The smallest absolute Gasteiger partial charge is 0.352 e. The molecule has 3 aromatic rings. The second-order valence-corrected chi connectivity index (χ2v) is 5.93. The number of aromatic amines is 1. The number of H-pyrrole nitrogens is 1. The number of carbonyl (C=O) groups is 2. The third-order valence-electron chi connectivity index (χ3n) is 3.41. The first kappa shape index (κ1) is 16.3. The van der Waals surface area contributed by atoms with Gasteiger partial charge in [0.05, 0.1) is 11.4 Å². The third-order valence-corrected chi connectivity index (χ3v) is 3.87. The van der Waals surface area contributed by atoms with Crippen molar-refractivity contribution in [1.82, 2.24) is 9.97 Å². The maximum absolute atomic E-state index is 12.2. The molecule has 0 unspecified atom stereocenters. The molecule has 0 fully saturated rings. The molecule has 3 N–H and O–H groups in total. The van der Waals surface area contributed by atoms with Crippen molar-refractivity contribution in [2.24, 2.45) is 0 Å². The number of rotatable bonds is 4. The molecule has 0 spiro atoms. The predicted octanol–water partition coefficient (Wildman–Crippen LogP) is 3.75. The van der Waals surface area contributed by atoms with E-state index in [2.05, 4.69) is 15.3 Å². The lowest BCUT2D eigenvalue weighted by Crippen LogP contribution is -2.16. The Kier molecular flexibility index (Phi) is 4.42. The molecule has 0 aliphatic rings. The number of anilines is 1. The Morgan fingerprint density at radius 2 is 1.92 bits per heavy atom. The molecular formula is C16H11Cl2N3O3. The highest BCUT2D eigenvalue weighted by atomic mass is 35.5. The SMILES string of the molecule is O=C(Cc1c(C(=O)O)[nH]c2ccc(Cl)cc12)Nc1ccc(Cl)cn1. The lowest BCUT2D eigenvalue weighted by Gasteiger charge is -2.05. The van der Waals surface area contributed by atoms with Crippen LogP contribution in [0.2, 0.25) is 10.0 Å². The van der Waals surface area contributed by atoms with Gasteiger partial charge < -0.3 is 15.4 Å². The molecule has 0 saturated carbocycles. The van der Waals surface area contributed by atoms with Crippen LogP contribution in [0.5, 0.6) is 0 Å². The van der Waals surface area contributed by atoms with Gasteiger partial charge in [-0.3, -0.25) is 4.79 Å². The van der Waals surface area contributed by atoms with Crippen LogP contribution in [0.1, 0.15) is 16.1 Å². The summed E-state index contributed by atoms with van der Waals surface area (Å²) in [6, 6.07) is 8.10. The highest BCUT2D eigenvalue weighted by Crippen LogP contribution is 2.26. The summed E-state index contributed by atoms with van der Waals surface area (Å²) in [6.07, 6.45) is 1.28. The zero-order valence-corrected chi connectivity index (χ0v) is 13.6. The Balaban J connectivity index is 1.91. The van der Waals surface area contributed by atoms with Crippen LogP contribution in [0.3, 0.4) is 0 Å². The fourth-order valence-corrected chi connectivity index (χ4v) is 2.67. The fourth-order valence-electron chi connectivity index (χ4n) is 2.38. The van der Waals surface area contributed by atoms with Crippen LogP contribution >= 0.6 is 23.2 Å². The minimum Gasteiger partial charge on any atom is -0.477 e. The summed E-state index contributed by atoms with van der Waals surface area (Å²) in [5.74, 6) is -1.21. The van der Waals surface area contributed by atoms with Crippen molar-refractivity contribution in [3.63, 3.8) is 0 Å². The highest BCUT2D eigenvalue weighted by molar-refractivity contribution is 6.31. The molecule has 1 aromatic carbocycles. The number of fused-ring (bicyclic) bond motifs is 1. The van der Waals surface area contributed by atoms with E-state index in [4.69, 9.17) is 23.2 Å². The van der Waals surface area contributed by atoms with Crippen LogP contribution in [-0.2, 0) is 11.2 Å². The van der Waals surface area contributed by atoms with E-state index in [-0.39, 0.29) is 12.1 Å². The molecule has 0 aliphatic heterocycles. The number of halogens is 2. The number of amides is 1. The van der Waals surface area contributed by atoms with Crippen LogP contribution < -0.4 is 5.32 Å². The summed E-state index contributed by atoms with van der Waals surface area (Å²) in [6.45, 7) is 0. The summed E-state index contributed by atoms with van der Waals surface area (Å²) in [5.41, 5.74) is 0.933. The molecule has 0 radical (unpaired) electrons. The molecule has 2 aromatic heterocycles. The molecule has 0 saturated heterocycles. The second-order valence-electron chi connectivity index (χ2n) is 5.06. The Morgan fingerprint density at radius 1 is 1.17 bits per heavy atom. The second kappa shape index (κ2) is 6.51. The Morgan fingerprint density at radius 3 is 2.58 bits per heavy atom. The molecular weight excluding hydrogens is 353 g/mol. The summed E-state index contributed by atoms with van der Waals surface area (Å²) >= 11 is 11.7. The van der Waals surface area contributed by atoms with Crippen molar-refractivity contribution in [3.8, 4) is 0 Å². The van der Waals surface area contributed by atoms with E-state index in [1.165, 1.54) is 6.20 Å². The number of benzene rings is 1. The lowest BCUT2D eigenvalue weighted by atomic mass is 10.1. The number of pyridine rings is 1. The minimum absolute atomic E-state index is 0.0357. The van der Waals surface area contributed by atoms with E-state index < -0.39 is 11.9 Å². The van der Waals surface area contributed by atoms with Crippen LogP contribution in [0.4, 0.5) is 5.82 Å². The number of hydrogen-bond acceptors (Lipinski definition) is 3. The normalized spacial score (nSPS) is 10.8. The zero-order chi connectivity index (χ0) is 17.3. The van der Waals surface area contributed by atoms with Crippen molar-refractivity contribution in [3.05, 3.63) is 57.8 Å². The molecule has 0 atom stereocenters. The fraction of sp³-hybridized carbons (Fsp3) is 0.0625. The molecule has 6 nitrogen and oxygen atoms in total. The standard InChI is InChI=1S/C16H11Cl2N3O3/c17-8-1-3-12-10(5-8)11(15(20-12)16(23)24)6-14(22)21-13-4-2-9(18)7-19-13/h1-5,7,20H,6H2,(H,23,24)(H,19,21,22). The number of nitrogens with one attached hydrogen (secondary N) is 2. The van der Waals surface area contributed by atoms with Crippen LogP contribution in [0.25, 0.3) is 10.9 Å². The molecule has 1 amide bonds. The van der Waals surface area contributed by atoms with Gasteiger partial charge in [0.15, 0.2) is 0 Å². The number of carboxylic acid groups (broad SMARTS) is 1. The number of hydrogen-bond donors (Lipinski definition) is 3. The average Bonchev–Trinajstić information content (AvgIpc) is 2.88. The molecule has 24 heavy (non-hydrogen) atoms. The van der Waals surface area contributed by atoms with E-state index in [1.807, 2.05) is 0 Å². The van der Waals surface area contributed by atoms with Gasteiger partial charge in [-0.25, -0.2) is 9.78 Å². The topological polar surface area (TPSA) is 95.1 Å². The first-order valence-electron chi connectivity index (χ1n) is 6.89. The molecule has 3 rings (SSSR count). The summed E-state index contributed by atoms with van der Waals surface area (Å²) in [7, 11) is 0. The van der Waals surface area contributed by atoms with E-state index >= 15 is 0 Å². The molecule has 122 valence electrons. The minimum atomic E-state index is -1.14. The van der Waals surface area contributed by atoms with Gasteiger partial charge >= 0.3 is 5.97 Å². The van der Waals surface area contributed by atoms with Crippen molar-refractivity contribution < 1.29 is 14.7 Å². The maximum atomic E-state index is 12.2. The summed E-state index contributed by atoms with van der Waals surface area (Å²) < 4.78 is 0. The van der Waals surface area contributed by atoms with Gasteiger partial charge in [0.1, 0.15) is 11.5 Å². The van der Waals surface area contributed by atoms with E-state index in [0.717, 1.165) is 0 Å². The number of carboxylic acids is 1. The van der Waals surface area contributed by atoms with Gasteiger partial charge in [0.25, 0.3) is 0 Å². The van der Waals surface area contributed by atoms with Crippen LogP contribution in [-0.4, -0.2) is 27.0 Å². The van der Waals surface area contributed by atoms with Crippen LogP contribution in [0.15, 0.2) is 36.5 Å². The van der Waals surface area contributed by atoms with Crippen molar-refractivity contribution in [1.29, 1.82) is 0 Å². The average molecular weight is 364 g/mol. The first-order valence-corrected chi connectivity index (χ1v) is 7.64. The van der Waals surface area contributed by atoms with Crippen molar-refractivity contribution in [2.45, 2.75) is 6.42 Å². The van der Waals surface area contributed by atoms with Gasteiger partial charge in [-0.15, -0.1) is 0 Å². The quantitative estimate of drug-likeness (QED) is 0.657. The number of aromatic nitrogens is 2.